The van der Waals surface area contributed by atoms with Crippen LogP contribution in [0.3, 0.4) is 0 Å². The van der Waals surface area contributed by atoms with Crippen molar-refractivity contribution in [1.82, 2.24) is 9.55 Å². The molecule has 0 bridgehead atoms. The van der Waals surface area contributed by atoms with Gasteiger partial charge in [-0.2, -0.15) is 0 Å². The third-order valence-corrected chi connectivity index (χ3v) is 9.47. The first kappa shape index (κ1) is 18.6. The summed E-state index contributed by atoms with van der Waals surface area (Å²) >= 11 is 0. The van der Waals surface area contributed by atoms with Gasteiger partial charge in [-0.05, 0) is 86.9 Å². The highest BCUT2D eigenvalue weighted by Crippen LogP contribution is 2.64. The monoisotopic (exact) mass is 380 g/mol. The highest BCUT2D eigenvalue weighted by Gasteiger charge is 2.58. The van der Waals surface area contributed by atoms with Crippen molar-refractivity contribution in [2.24, 2.45) is 34.5 Å². The number of carbonyl (C=O) groups is 1. The van der Waals surface area contributed by atoms with Crippen LogP contribution < -0.4 is 0 Å². The van der Waals surface area contributed by atoms with Gasteiger partial charge in [0.1, 0.15) is 5.78 Å². The molecule has 1 aromatic rings. The Kier molecular flexibility index (Phi) is 4.56. The number of fused-ring (bicyclic) bond motifs is 5. The largest absolute Gasteiger partial charge is 0.337 e. The zero-order valence-corrected chi connectivity index (χ0v) is 17.7. The van der Waals surface area contributed by atoms with E-state index in [2.05, 4.69) is 35.7 Å². The van der Waals surface area contributed by atoms with E-state index in [0.717, 1.165) is 37.1 Å². The summed E-state index contributed by atoms with van der Waals surface area (Å²) in [6.45, 7) is 5.97. The van der Waals surface area contributed by atoms with Crippen molar-refractivity contribution >= 4 is 5.78 Å². The van der Waals surface area contributed by atoms with E-state index in [9.17, 15) is 4.79 Å². The van der Waals surface area contributed by atoms with Crippen LogP contribution in [-0.4, -0.2) is 15.3 Å². The van der Waals surface area contributed by atoms with E-state index in [1.165, 1.54) is 51.4 Å². The summed E-state index contributed by atoms with van der Waals surface area (Å²) in [5.74, 6) is 3.63. The molecule has 4 aliphatic carbocycles. The number of carbonyl (C=O) groups excluding carboxylic acids is 1. The number of ketones is 1. The molecule has 28 heavy (non-hydrogen) atoms. The first-order valence-corrected chi connectivity index (χ1v) is 11.7. The number of nitrogens with zero attached hydrogens (tertiary/aromatic N) is 2. The van der Waals surface area contributed by atoms with Gasteiger partial charge in [0.15, 0.2) is 0 Å². The van der Waals surface area contributed by atoms with Gasteiger partial charge in [0, 0.05) is 30.8 Å². The standard InChI is InChI=1S/C25H36N2O/c1-24-11-9-18(4-3-14-27-15-13-26-17-27)16-19(24)5-6-20-21-7-8-23(28)25(21,2)12-10-22(20)24/h13,15-18,20-22H,3-12,14H2,1-2H3/t18-,20?,21?,22?,24-,25-/m0/s1. The van der Waals surface area contributed by atoms with Gasteiger partial charge in [0.25, 0.3) is 0 Å². The Labute approximate surface area is 170 Å². The van der Waals surface area contributed by atoms with Crippen molar-refractivity contribution in [2.75, 3.05) is 0 Å². The van der Waals surface area contributed by atoms with Crippen LogP contribution >= 0.6 is 0 Å². The Morgan fingerprint density at radius 2 is 1.89 bits per heavy atom. The number of allylic oxidation sites excluding steroid dienone is 2. The topological polar surface area (TPSA) is 34.9 Å². The number of aromatic nitrogens is 2. The Balaban J connectivity index is 1.28. The molecule has 152 valence electrons. The van der Waals surface area contributed by atoms with Crippen molar-refractivity contribution in [1.29, 1.82) is 0 Å². The molecule has 3 fully saturated rings. The maximum absolute atomic E-state index is 12.6. The summed E-state index contributed by atoms with van der Waals surface area (Å²) in [6.07, 6.45) is 20.9. The summed E-state index contributed by atoms with van der Waals surface area (Å²) in [5, 5.41) is 0. The van der Waals surface area contributed by atoms with Crippen molar-refractivity contribution in [3.8, 4) is 0 Å². The highest BCUT2D eigenvalue weighted by molar-refractivity contribution is 5.87. The van der Waals surface area contributed by atoms with Crippen molar-refractivity contribution in [3.05, 3.63) is 30.4 Å². The van der Waals surface area contributed by atoms with Crippen molar-refractivity contribution in [2.45, 2.75) is 84.6 Å². The Morgan fingerprint density at radius 1 is 1.07 bits per heavy atom. The number of hydrogen-bond acceptors (Lipinski definition) is 2. The lowest BCUT2D eigenvalue weighted by molar-refractivity contribution is -0.132. The summed E-state index contributed by atoms with van der Waals surface area (Å²) in [6, 6.07) is 0. The quantitative estimate of drug-likeness (QED) is 0.618. The van der Waals surface area contributed by atoms with Crippen molar-refractivity contribution in [3.63, 3.8) is 0 Å². The molecule has 0 N–H and O–H groups in total. The molecule has 5 rings (SSSR count). The molecule has 4 aliphatic rings. The minimum atomic E-state index is 0.0171. The molecule has 3 unspecified atom stereocenters. The molecule has 3 heteroatoms. The fourth-order valence-corrected chi connectivity index (χ4v) is 7.75. The molecular weight excluding hydrogens is 344 g/mol. The SMILES string of the molecule is C[C@]12CC[C@H](CCCn3ccnc3)C=C1CCC1C2CC[C@]2(C)C(=O)CCC12. The minimum Gasteiger partial charge on any atom is -0.337 e. The number of rotatable bonds is 4. The van der Waals surface area contributed by atoms with Gasteiger partial charge in [0.2, 0.25) is 0 Å². The number of Topliss-reactive ketones (excluding diaryl/α,β-unsaturated/α-hetero) is 1. The van der Waals surface area contributed by atoms with Crippen LogP contribution in [0.15, 0.2) is 30.4 Å². The first-order chi connectivity index (χ1) is 13.5. The van der Waals surface area contributed by atoms with Gasteiger partial charge in [-0.25, -0.2) is 4.98 Å². The van der Waals surface area contributed by atoms with E-state index < -0.39 is 0 Å². The summed E-state index contributed by atoms with van der Waals surface area (Å²) in [5.41, 5.74) is 2.21. The number of imidazole rings is 1. The van der Waals surface area contributed by atoms with Crippen LogP contribution in [-0.2, 0) is 11.3 Å². The Bertz CT molecular complexity index is 766. The molecule has 0 radical (unpaired) electrons. The molecule has 3 saturated carbocycles. The van der Waals surface area contributed by atoms with E-state index in [4.69, 9.17) is 0 Å². The van der Waals surface area contributed by atoms with Crippen LogP contribution in [0, 0.1) is 34.5 Å². The lowest BCUT2D eigenvalue weighted by atomic mass is 9.47. The molecular formula is C25H36N2O. The van der Waals surface area contributed by atoms with Gasteiger partial charge in [-0.1, -0.05) is 25.5 Å². The maximum atomic E-state index is 12.6. The highest BCUT2D eigenvalue weighted by atomic mass is 16.1. The van der Waals surface area contributed by atoms with E-state index in [1.807, 2.05) is 12.5 Å². The fourth-order valence-electron chi connectivity index (χ4n) is 7.75. The molecule has 0 amide bonds. The van der Waals surface area contributed by atoms with E-state index in [1.54, 1.807) is 5.57 Å². The molecule has 0 aromatic carbocycles. The zero-order chi connectivity index (χ0) is 19.4. The van der Waals surface area contributed by atoms with Gasteiger partial charge < -0.3 is 4.57 Å². The zero-order valence-electron chi connectivity index (χ0n) is 17.7. The average Bonchev–Trinajstić information content (AvgIpc) is 3.30. The van der Waals surface area contributed by atoms with Gasteiger partial charge >= 0.3 is 0 Å². The maximum Gasteiger partial charge on any atom is 0.139 e. The second-order valence-electron chi connectivity index (χ2n) is 10.7. The first-order valence-electron chi connectivity index (χ1n) is 11.7. The smallest absolute Gasteiger partial charge is 0.139 e. The second-order valence-corrected chi connectivity index (χ2v) is 10.7. The van der Waals surface area contributed by atoms with Crippen LogP contribution in [0.4, 0.5) is 0 Å². The summed E-state index contributed by atoms with van der Waals surface area (Å²) in [7, 11) is 0. The predicted molar refractivity (Wildman–Crippen MR) is 112 cm³/mol. The Morgan fingerprint density at radius 3 is 2.71 bits per heavy atom. The average molecular weight is 381 g/mol. The van der Waals surface area contributed by atoms with Crippen LogP contribution in [0.2, 0.25) is 0 Å². The minimum absolute atomic E-state index is 0.0171. The normalized spacial score (nSPS) is 42.5. The lowest BCUT2D eigenvalue weighted by Crippen LogP contribution is -2.50. The van der Waals surface area contributed by atoms with Crippen LogP contribution in [0.25, 0.3) is 0 Å². The van der Waals surface area contributed by atoms with E-state index >= 15 is 0 Å². The molecule has 1 heterocycles. The molecule has 6 atom stereocenters. The van der Waals surface area contributed by atoms with Crippen molar-refractivity contribution < 1.29 is 4.79 Å². The van der Waals surface area contributed by atoms with Gasteiger partial charge in [-0.15, -0.1) is 0 Å². The molecule has 3 nitrogen and oxygen atoms in total. The third kappa shape index (κ3) is 2.83. The molecule has 0 saturated heterocycles. The molecule has 1 aromatic heterocycles. The second kappa shape index (κ2) is 6.85. The molecule has 0 aliphatic heterocycles. The molecule has 0 spiro atoms. The van der Waals surface area contributed by atoms with Gasteiger partial charge in [0.05, 0.1) is 6.33 Å². The van der Waals surface area contributed by atoms with Gasteiger partial charge in [-0.3, -0.25) is 4.79 Å². The van der Waals surface area contributed by atoms with E-state index in [-0.39, 0.29) is 5.41 Å². The summed E-state index contributed by atoms with van der Waals surface area (Å²) < 4.78 is 2.20. The fraction of sp³-hybridized carbons (Fsp3) is 0.760. The Hall–Kier alpha value is -1.38. The number of hydrogen-bond donors (Lipinski definition) is 0. The summed E-state index contributed by atoms with van der Waals surface area (Å²) in [4.78, 5) is 16.7. The predicted octanol–water partition coefficient (Wildman–Crippen LogP) is 5.81. The number of aryl methyl sites for hydroxylation is 1. The lowest BCUT2D eigenvalue weighted by Gasteiger charge is -2.57. The van der Waals surface area contributed by atoms with Crippen LogP contribution in [0.5, 0.6) is 0 Å². The third-order valence-electron chi connectivity index (χ3n) is 9.47. The van der Waals surface area contributed by atoms with E-state index in [0.29, 0.717) is 17.1 Å². The van der Waals surface area contributed by atoms with Crippen LogP contribution in [0.1, 0.15) is 78.1 Å².